The summed E-state index contributed by atoms with van der Waals surface area (Å²) in [4.78, 5) is 25.2. The van der Waals surface area contributed by atoms with E-state index in [2.05, 4.69) is 40.4 Å². The number of hydrogen-bond acceptors (Lipinski definition) is 8. The van der Waals surface area contributed by atoms with Crippen molar-refractivity contribution < 1.29 is 27.7 Å². The molecule has 0 radical (unpaired) electrons. The van der Waals surface area contributed by atoms with Crippen molar-refractivity contribution in [3.05, 3.63) is 60.2 Å². The van der Waals surface area contributed by atoms with Crippen LogP contribution in [0, 0.1) is 0 Å². The van der Waals surface area contributed by atoms with Gasteiger partial charge < -0.3 is 15.7 Å². The van der Waals surface area contributed by atoms with Crippen molar-refractivity contribution in [3.63, 3.8) is 0 Å². The summed E-state index contributed by atoms with van der Waals surface area (Å²) >= 11 is 4.47. The molecule has 0 aliphatic rings. The predicted octanol–water partition coefficient (Wildman–Crippen LogP) is 9.22. The molecule has 0 saturated heterocycles. The van der Waals surface area contributed by atoms with E-state index < -0.39 is 26.2 Å². The van der Waals surface area contributed by atoms with E-state index in [1.165, 1.54) is 101 Å². The minimum absolute atomic E-state index is 0.0630. The van der Waals surface area contributed by atoms with Gasteiger partial charge in [-0.1, -0.05) is 133 Å². The number of carbonyl (C=O) groups excluding carboxylic acids is 2. The summed E-state index contributed by atoms with van der Waals surface area (Å²) in [5, 5.41) is 25.0. The van der Waals surface area contributed by atoms with Crippen molar-refractivity contribution >= 4 is 56.7 Å². The molecule has 2 amide bonds. The SMILES string of the molecule is CCCCCCCCCCCCCCCCC(S)C(=O)NCCNC(=O)c1cc(N=Nc2ccccc2S(=O)(=O)O)c2ccccc2c1O. The maximum atomic E-state index is 13.1. The van der Waals surface area contributed by atoms with E-state index >= 15 is 0 Å². The fourth-order valence-corrected chi connectivity index (χ4v) is 6.60. The topological polar surface area (TPSA) is 158 Å². The second-order valence-electron chi connectivity index (χ2n) is 12.4. The molecular formula is C37H52N4O6S2. The van der Waals surface area contributed by atoms with Crippen LogP contribution in [0.25, 0.3) is 10.8 Å². The number of fused-ring (bicyclic) bond motifs is 1. The highest BCUT2D eigenvalue weighted by molar-refractivity contribution is 7.86. The average Bonchev–Trinajstić information content (AvgIpc) is 3.09. The average molecular weight is 713 g/mol. The maximum Gasteiger partial charge on any atom is 0.296 e. The van der Waals surface area contributed by atoms with Gasteiger partial charge in [-0.25, -0.2) is 0 Å². The minimum Gasteiger partial charge on any atom is -0.506 e. The van der Waals surface area contributed by atoms with Crippen LogP contribution in [0.3, 0.4) is 0 Å². The largest absolute Gasteiger partial charge is 0.506 e. The number of thiol groups is 1. The molecule has 0 fully saturated rings. The van der Waals surface area contributed by atoms with E-state index in [4.69, 9.17) is 0 Å². The summed E-state index contributed by atoms with van der Waals surface area (Å²) in [6.07, 6.45) is 18.6. The zero-order valence-electron chi connectivity index (χ0n) is 28.6. The summed E-state index contributed by atoms with van der Waals surface area (Å²) in [6.45, 7) is 2.56. The standard InChI is InChI=1S/C37H52N4O6S2/c1-2-3-4-5-6-7-8-9-10-11-12-13-14-15-23-33(48)37(44)39-26-25-38-36(43)30-27-32(28-20-16-17-21-29(28)35(30)42)41-40-31-22-18-19-24-34(31)49(45,46)47/h16-22,24,27,33,42,48H,2-15,23,25-26H2,1H3,(H,38,43)(H,39,44)(H,45,46,47). The third-order valence-electron chi connectivity index (χ3n) is 8.49. The number of azo groups is 1. The van der Waals surface area contributed by atoms with Crippen LogP contribution in [-0.2, 0) is 14.9 Å². The van der Waals surface area contributed by atoms with E-state index in [1.54, 1.807) is 30.3 Å². The van der Waals surface area contributed by atoms with Crippen molar-refractivity contribution in [2.75, 3.05) is 13.1 Å². The van der Waals surface area contributed by atoms with Gasteiger partial charge in [0.05, 0.1) is 16.5 Å². The van der Waals surface area contributed by atoms with Crippen molar-refractivity contribution in [2.24, 2.45) is 10.2 Å². The van der Waals surface area contributed by atoms with Gasteiger partial charge in [0.15, 0.2) is 0 Å². The smallest absolute Gasteiger partial charge is 0.296 e. The molecule has 3 aromatic rings. The third kappa shape index (κ3) is 13.7. The molecule has 0 saturated carbocycles. The van der Waals surface area contributed by atoms with E-state index in [1.807, 2.05) is 0 Å². The number of hydrogen-bond donors (Lipinski definition) is 5. The minimum atomic E-state index is -4.54. The molecule has 0 heterocycles. The number of nitrogens with one attached hydrogen (secondary N) is 2. The Bertz CT molecular complexity index is 1630. The van der Waals surface area contributed by atoms with Gasteiger partial charge in [0, 0.05) is 23.9 Å². The molecule has 12 heteroatoms. The van der Waals surface area contributed by atoms with Gasteiger partial charge in [-0.05, 0) is 24.6 Å². The molecule has 49 heavy (non-hydrogen) atoms. The Morgan fingerprint density at radius 2 is 1.24 bits per heavy atom. The molecule has 268 valence electrons. The second kappa shape index (κ2) is 21.6. The number of phenolic OH excluding ortho intramolecular Hbond substituents is 1. The lowest BCUT2D eigenvalue weighted by Crippen LogP contribution is -2.38. The highest BCUT2D eigenvalue weighted by atomic mass is 32.2. The molecule has 3 aromatic carbocycles. The Balaban J connectivity index is 1.40. The lowest BCUT2D eigenvalue weighted by molar-refractivity contribution is -0.120. The van der Waals surface area contributed by atoms with Crippen LogP contribution in [0.15, 0.2) is 69.7 Å². The third-order valence-corrected chi connectivity index (χ3v) is 9.88. The lowest BCUT2D eigenvalue weighted by Gasteiger charge is -2.13. The van der Waals surface area contributed by atoms with Gasteiger partial charge >= 0.3 is 0 Å². The van der Waals surface area contributed by atoms with Crippen LogP contribution >= 0.6 is 12.6 Å². The lowest BCUT2D eigenvalue weighted by atomic mass is 10.0. The first-order chi connectivity index (χ1) is 23.6. The van der Waals surface area contributed by atoms with Gasteiger partial charge in [-0.3, -0.25) is 14.1 Å². The van der Waals surface area contributed by atoms with Crippen LogP contribution in [0.5, 0.6) is 5.75 Å². The second-order valence-corrected chi connectivity index (χ2v) is 14.4. The predicted molar refractivity (Wildman–Crippen MR) is 199 cm³/mol. The van der Waals surface area contributed by atoms with Crippen molar-refractivity contribution in [1.29, 1.82) is 0 Å². The number of amides is 2. The summed E-state index contributed by atoms with van der Waals surface area (Å²) in [5.41, 5.74) is 0.0565. The zero-order chi connectivity index (χ0) is 35.5. The van der Waals surface area contributed by atoms with Gasteiger partial charge in [0.1, 0.15) is 16.3 Å². The van der Waals surface area contributed by atoms with Crippen molar-refractivity contribution in [1.82, 2.24) is 10.6 Å². The first kappa shape index (κ1) is 40.0. The molecule has 4 N–H and O–H groups in total. The fourth-order valence-electron chi connectivity index (χ4n) is 5.70. The monoisotopic (exact) mass is 712 g/mol. The molecule has 0 aromatic heterocycles. The normalized spacial score (nSPS) is 12.4. The van der Waals surface area contributed by atoms with Crippen LogP contribution < -0.4 is 10.6 Å². The van der Waals surface area contributed by atoms with Crippen molar-refractivity contribution in [2.45, 2.75) is 113 Å². The Kier molecular flexibility index (Phi) is 17.6. The van der Waals surface area contributed by atoms with E-state index in [0.29, 0.717) is 17.2 Å². The quantitative estimate of drug-likeness (QED) is 0.0285. The maximum absolute atomic E-state index is 13.1. The first-order valence-electron chi connectivity index (χ1n) is 17.6. The highest BCUT2D eigenvalue weighted by Crippen LogP contribution is 2.37. The number of aromatic hydroxyl groups is 1. The summed E-state index contributed by atoms with van der Waals surface area (Å²) in [6, 6.07) is 13.7. The molecule has 0 aliphatic carbocycles. The Morgan fingerprint density at radius 1 is 0.735 bits per heavy atom. The molecule has 10 nitrogen and oxygen atoms in total. The Hall–Kier alpha value is -3.48. The van der Waals surface area contributed by atoms with Crippen LogP contribution in [0.2, 0.25) is 0 Å². The van der Waals surface area contributed by atoms with Gasteiger partial charge in [0.2, 0.25) is 5.91 Å². The molecule has 1 atom stereocenters. The number of phenols is 1. The van der Waals surface area contributed by atoms with Crippen LogP contribution in [-0.4, -0.2) is 48.2 Å². The Labute approximate surface area is 296 Å². The van der Waals surface area contributed by atoms with Crippen LogP contribution in [0.4, 0.5) is 11.4 Å². The van der Waals surface area contributed by atoms with Gasteiger partial charge in [0.25, 0.3) is 16.0 Å². The number of benzene rings is 3. The molecule has 0 aliphatic heterocycles. The Morgan fingerprint density at radius 3 is 1.86 bits per heavy atom. The van der Waals surface area contributed by atoms with E-state index in [9.17, 15) is 27.7 Å². The van der Waals surface area contributed by atoms with Crippen molar-refractivity contribution in [3.8, 4) is 5.75 Å². The summed E-state index contributed by atoms with van der Waals surface area (Å²) in [7, 11) is -4.54. The summed E-state index contributed by atoms with van der Waals surface area (Å²) < 4.78 is 33.0. The molecule has 0 spiro atoms. The van der Waals surface area contributed by atoms with Crippen LogP contribution in [0.1, 0.15) is 114 Å². The molecule has 1 unspecified atom stereocenters. The van der Waals surface area contributed by atoms with E-state index in [-0.39, 0.29) is 41.7 Å². The number of unbranched alkanes of at least 4 members (excludes halogenated alkanes) is 13. The molecule has 3 rings (SSSR count). The molecule has 0 bridgehead atoms. The highest BCUT2D eigenvalue weighted by Gasteiger charge is 2.19. The zero-order valence-corrected chi connectivity index (χ0v) is 30.3. The fraction of sp³-hybridized carbons (Fsp3) is 0.514. The van der Waals surface area contributed by atoms with E-state index in [0.717, 1.165) is 12.8 Å². The number of nitrogens with zero attached hydrogens (tertiary/aromatic N) is 2. The van der Waals surface area contributed by atoms with Gasteiger partial charge in [-0.15, -0.1) is 10.2 Å². The van der Waals surface area contributed by atoms with Gasteiger partial charge in [-0.2, -0.15) is 21.0 Å². The first-order valence-corrected chi connectivity index (χ1v) is 19.6. The number of rotatable bonds is 23. The number of carbonyl (C=O) groups is 2. The summed E-state index contributed by atoms with van der Waals surface area (Å²) in [5.74, 6) is -1.02. The molecular weight excluding hydrogens is 661 g/mol.